The van der Waals surface area contributed by atoms with E-state index in [2.05, 4.69) is 10.5 Å². The highest BCUT2D eigenvalue weighted by atomic mass is 35.5. The fourth-order valence-corrected chi connectivity index (χ4v) is 1.06. The summed E-state index contributed by atoms with van der Waals surface area (Å²) in [5, 5.41) is 3.93. The first kappa shape index (κ1) is 9.48. The van der Waals surface area contributed by atoms with Crippen molar-refractivity contribution in [3.63, 3.8) is 0 Å². The summed E-state index contributed by atoms with van der Waals surface area (Å²) in [6.07, 6.45) is 1.62. The predicted molar refractivity (Wildman–Crippen MR) is 48.4 cm³/mol. The first-order valence-electron chi connectivity index (χ1n) is 3.43. The molecule has 0 atom stereocenters. The lowest BCUT2D eigenvalue weighted by molar-refractivity contribution is 0.106. The lowest BCUT2D eigenvalue weighted by Crippen LogP contribution is -2.31. The molecule has 68 valence electrons. The average molecular weight is 210 g/mol. The van der Waals surface area contributed by atoms with E-state index in [9.17, 15) is 0 Å². The zero-order valence-corrected chi connectivity index (χ0v) is 8.23. The van der Waals surface area contributed by atoms with Crippen molar-refractivity contribution in [1.82, 2.24) is 10.1 Å². The smallest absolute Gasteiger partial charge is 0.211 e. The van der Waals surface area contributed by atoms with Gasteiger partial charge in [-0.2, -0.15) is 0 Å². The second kappa shape index (κ2) is 3.87. The van der Waals surface area contributed by atoms with Crippen LogP contribution in [-0.2, 0) is 4.74 Å². The van der Waals surface area contributed by atoms with Crippen LogP contribution in [0.25, 0.3) is 0 Å². The van der Waals surface area contributed by atoms with Gasteiger partial charge < -0.3 is 4.74 Å². The molecule has 1 rings (SSSR count). The number of hydrazone groups is 1. The maximum Gasteiger partial charge on any atom is 0.211 e. The SMILES string of the molecule is CC(C)OC1=CC(Cl)=NN(Cl)N1. The van der Waals surface area contributed by atoms with E-state index in [-0.39, 0.29) is 11.3 Å². The van der Waals surface area contributed by atoms with E-state index >= 15 is 0 Å². The summed E-state index contributed by atoms with van der Waals surface area (Å²) in [5.74, 6) is 0.486. The van der Waals surface area contributed by atoms with E-state index in [1.54, 1.807) is 6.08 Å². The van der Waals surface area contributed by atoms with Gasteiger partial charge in [0.05, 0.1) is 17.9 Å². The van der Waals surface area contributed by atoms with Crippen molar-refractivity contribution in [3.8, 4) is 0 Å². The third-order valence-corrected chi connectivity index (χ3v) is 1.34. The molecule has 1 N–H and O–H groups in total. The number of hydrogen-bond acceptors (Lipinski definition) is 4. The predicted octanol–water partition coefficient (Wildman–Crippen LogP) is 1.78. The van der Waals surface area contributed by atoms with Crippen molar-refractivity contribution >= 4 is 28.5 Å². The molecule has 0 radical (unpaired) electrons. The summed E-state index contributed by atoms with van der Waals surface area (Å²) in [4.78, 5) is 0. The van der Waals surface area contributed by atoms with Crippen molar-refractivity contribution in [1.29, 1.82) is 0 Å². The fourth-order valence-electron chi connectivity index (χ4n) is 0.683. The van der Waals surface area contributed by atoms with Crippen LogP contribution in [0.15, 0.2) is 17.1 Å². The third kappa shape index (κ3) is 2.79. The molecule has 0 fully saturated rings. The molecule has 0 aromatic rings. The van der Waals surface area contributed by atoms with Gasteiger partial charge >= 0.3 is 0 Å². The summed E-state index contributed by atoms with van der Waals surface area (Å²) in [6.45, 7) is 3.81. The minimum Gasteiger partial charge on any atom is -0.475 e. The maximum atomic E-state index is 5.62. The molecule has 0 aromatic carbocycles. The molecule has 0 amide bonds. The molecule has 4 nitrogen and oxygen atoms in total. The Labute approximate surface area is 80.8 Å². The Hall–Kier alpha value is -0.610. The lowest BCUT2D eigenvalue weighted by atomic mass is 10.5. The standard InChI is InChI=1S/C6H9Cl2N3O/c1-4(2)12-6-3-5(7)9-11(8)10-6/h3-4,10H,1-2H3. The minimum atomic E-state index is 0.0661. The van der Waals surface area contributed by atoms with Crippen LogP contribution in [0.2, 0.25) is 0 Å². The van der Waals surface area contributed by atoms with Crippen LogP contribution in [0, 0.1) is 0 Å². The van der Waals surface area contributed by atoms with E-state index in [1.165, 1.54) is 0 Å². The molecular weight excluding hydrogens is 201 g/mol. The molecule has 1 heterocycles. The van der Waals surface area contributed by atoms with Crippen molar-refractivity contribution in [2.24, 2.45) is 5.10 Å². The van der Waals surface area contributed by atoms with Crippen molar-refractivity contribution in [2.75, 3.05) is 0 Å². The van der Waals surface area contributed by atoms with Crippen molar-refractivity contribution in [2.45, 2.75) is 20.0 Å². The topological polar surface area (TPSA) is 36.9 Å². The Balaban J connectivity index is 2.60. The average Bonchev–Trinajstić information content (AvgIpc) is 1.81. The van der Waals surface area contributed by atoms with Gasteiger partial charge in [0.25, 0.3) is 0 Å². The molecule has 1 aliphatic rings. The second-order valence-corrected chi connectivity index (χ2v) is 3.18. The number of rotatable bonds is 2. The van der Waals surface area contributed by atoms with Gasteiger partial charge in [-0.3, -0.25) is 0 Å². The van der Waals surface area contributed by atoms with E-state index in [0.29, 0.717) is 5.88 Å². The third-order valence-electron chi connectivity index (χ3n) is 0.999. The highest BCUT2D eigenvalue weighted by molar-refractivity contribution is 6.68. The number of ether oxygens (including phenoxy) is 1. The number of allylic oxidation sites excluding steroid dienone is 1. The Kier molecular flexibility index (Phi) is 3.05. The van der Waals surface area contributed by atoms with Gasteiger partial charge in [-0.05, 0) is 13.8 Å². The van der Waals surface area contributed by atoms with Crippen LogP contribution in [0.3, 0.4) is 0 Å². The zero-order chi connectivity index (χ0) is 9.14. The highest BCUT2D eigenvalue weighted by Crippen LogP contribution is 2.09. The van der Waals surface area contributed by atoms with E-state index in [0.717, 1.165) is 4.64 Å². The molecule has 0 bridgehead atoms. The number of hydrogen-bond donors (Lipinski definition) is 1. The molecule has 0 aromatic heterocycles. The van der Waals surface area contributed by atoms with Gasteiger partial charge in [-0.25, -0.2) is 5.43 Å². The summed E-state index contributed by atoms with van der Waals surface area (Å²) in [5.41, 5.74) is 2.64. The molecule has 0 saturated heterocycles. The molecule has 0 aliphatic carbocycles. The molecule has 0 saturated carbocycles. The summed E-state index contributed by atoms with van der Waals surface area (Å²) in [7, 11) is 0. The normalized spacial score (nSPS) is 16.9. The molecule has 6 heteroatoms. The largest absolute Gasteiger partial charge is 0.475 e. The van der Waals surface area contributed by atoms with Crippen molar-refractivity contribution < 1.29 is 4.74 Å². The number of nitrogens with one attached hydrogen (secondary N) is 1. The van der Waals surface area contributed by atoms with Crippen LogP contribution < -0.4 is 5.43 Å². The van der Waals surface area contributed by atoms with Crippen LogP contribution in [0.4, 0.5) is 0 Å². The molecule has 1 aliphatic heterocycles. The zero-order valence-electron chi connectivity index (χ0n) is 6.71. The van der Waals surface area contributed by atoms with Crippen LogP contribution in [-0.4, -0.2) is 15.9 Å². The monoisotopic (exact) mass is 209 g/mol. The molecular formula is C6H9Cl2N3O. The van der Waals surface area contributed by atoms with Crippen LogP contribution in [0.1, 0.15) is 13.8 Å². The molecule has 12 heavy (non-hydrogen) atoms. The Morgan fingerprint density at radius 1 is 1.67 bits per heavy atom. The summed E-state index contributed by atoms with van der Waals surface area (Å²) in [6, 6.07) is 0. The van der Waals surface area contributed by atoms with Crippen LogP contribution >= 0.6 is 23.4 Å². The van der Waals surface area contributed by atoms with Gasteiger partial charge in [0.2, 0.25) is 5.88 Å². The van der Waals surface area contributed by atoms with Gasteiger partial charge in [-0.1, -0.05) is 11.6 Å². The summed E-state index contributed by atoms with van der Waals surface area (Å²) >= 11 is 11.1. The van der Waals surface area contributed by atoms with Crippen LogP contribution in [0.5, 0.6) is 0 Å². The fraction of sp³-hybridized carbons (Fsp3) is 0.500. The lowest BCUT2D eigenvalue weighted by Gasteiger charge is -2.21. The Bertz CT molecular complexity index is 227. The van der Waals surface area contributed by atoms with Gasteiger partial charge in [-0.15, -0.1) is 9.74 Å². The van der Waals surface area contributed by atoms with E-state index in [4.69, 9.17) is 28.1 Å². The van der Waals surface area contributed by atoms with E-state index < -0.39 is 0 Å². The highest BCUT2D eigenvalue weighted by Gasteiger charge is 2.11. The number of nitrogens with zero attached hydrogens (tertiary/aromatic N) is 2. The first-order chi connectivity index (χ1) is 5.58. The Morgan fingerprint density at radius 3 is 2.83 bits per heavy atom. The first-order valence-corrected chi connectivity index (χ1v) is 4.14. The number of hydrazine groups is 1. The number of halogens is 2. The summed E-state index contributed by atoms with van der Waals surface area (Å²) < 4.78 is 6.26. The maximum absolute atomic E-state index is 5.62. The molecule has 0 unspecified atom stereocenters. The quantitative estimate of drug-likeness (QED) is 0.705. The van der Waals surface area contributed by atoms with Gasteiger partial charge in [0, 0.05) is 6.08 Å². The molecule has 0 spiro atoms. The minimum absolute atomic E-state index is 0.0661. The van der Waals surface area contributed by atoms with Gasteiger partial charge in [0.15, 0.2) is 5.17 Å². The second-order valence-electron chi connectivity index (χ2n) is 2.47. The Morgan fingerprint density at radius 2 is 2.33 bits per heavy atom. The van der Waals surface area contributed by atoms with Gasteiger partial charge in [0.1, 0.15) is 0 Å². The van der Waals surface area contributed by atoms with Crippen molar-refractivity contribution in [3.05, 3.63) is 12.0 Å². The van der Waals surface area contributed by atoms with E-state index in [1.807, 2.05) is 13.8 Å².